The first kappa shape index (κ1) is 7.82. The molecule has 8 heavy (non-hydrogen) atoms. The van der Waals surface area contributed by atoms with E-state index in [-0.39, 0.29) is 6.67 Å². The van der Waals surface area contributed by atoms with Crippen LogP contribution in [0.3, 0.4) is 0 Å². The summed E-state index contributed by atoms with van der Waals surface area (Å²) < 4.78 is 16.1. The summed E-state index contributed by atoms with van der Waals surface area (Å²) in [6.45, 7) is 1.75. The Morgan fingerprint density at radius 2 is 2.38 bits per heavy atom. The second-order valence-electron chi connectivity index (χ2n) is 1.38. The highest BCUT2D eigenvalue weighted by atomic mass is 32.1. The Labute approximate surface area is 53.8 Å². The summed E-state index contributed by atoms with van der Waals surface area (Å²) in [4.78, 5) is 0. The van der Waals surface area contributed by atoms with Crippen molar-refractivity contribution in [3.63, 3.8) is 0 Å². The highest BCUT2D eigenvalue weighted by Crippen LogP contribution is 1.85. The average Bonchev–Trinajstić information content (AvgIpc) is 1.66. The molecular formula is C5H9FOS. The summed E-state index contributed by atoms with van der Waals surface area (Å²) in [7, 11) is 0. The zero-order valence-corrected chi connectivity index (χ0v) is 5.63. The van der Waals surface area contributed by atoms with E-state index in [2.05, 4.69) is 12.2 Å². The van der Waals surface area contributed by atoms with Gasteiger partial charge in [-0.1, -0.05) is 0 Å². The monoisotopic (exact) mass is 136 g/mol. The maximum absolute atomic E-state index is 11.3. The maximum atomic E-state index is 11.3. The molecule has 0 saturated carbocycles. The van der Waals surface area contributed by atoms with Gasteiger partial charge in [-0.3, -0.25) is 4.39 Å². The Morgan fingerprint density at radius 1 is 1.75 bits per heavy atom. The minimum atomic E-state index is -0.331. The number of alkyl halides is 1. The minimum absolute atomic E-state index is 0.331. The summed E-state index contributed by atoms with van der Waals surface area (Å²) in [6.07, 6.45) is 0.438. The largest absolute Gasteiger partial charge is 0.487 e. The van der Waals surface area contributed by atoms with Crippen LogP contribution in [0.25, 0.3) is 0 Å². The van der Waals surface area contributed by atoms with Crippen molar-refractivity contribution in [1.29, 1.82) is 0 Å². The third-order valence-electron chi connectivity index (χ3n) is 0.583. The predicted octanol–water partition coefficient (Wildman–Crippen LogP) is 1.71. The van der Waals surface area contributed by atoms with Crippen molar-refractivity contribution in [2.24, 2.45) is 0 Å². The van der Waals surface area contributed by atoms with Gasteiger partial charge in [-0.15, -0.1) is 0 Å². The van der Waals surface area contributed by atoms with Crippen LogP contribution in [-0.2, 0) is 4.74 Å². The number of hydrogen-bond donors (Lipinski definition) is 0. The standard InChI is InChI=1S/C5H9FOS/c1-5(8)7-4-2-3-6/h2-4H2,1H3. The molecule has 0 atom stereocenters. The van der Waals surface area contributed by atoms with E-state index in [1.807, 2.05) is 0 Å². The number of ether oxygens (including phenoxy) is 1. The van der Waals surface area contributed by atoms with Gasteiger partial charge in [0.05, 0.1) is 13.3 Å². The van der Waals surface area contributed by atoms with Crippen molar-refractivity contribution < 1.29 is 9.13 Å². The van der Waals surface area contributed by atoms with E-state index >= 15 is 0 Å². The van der Waals surface area contributed by atoms with Gasteiger partial charge in [0.1, 0.15) is 0 Å². The average molecular weight is 136 g/mol. The molecular weight excluding hydrogens is 127 g/mol. The molecule has 0 aromatic rings. The Kier molecular flexibility index (Phi) is 4.85. The summed E-state index contributed by atoms with van der Waals surface area (Å²) in [6, 6.07) is 0. The Morgan fingerprint density at radius 3 is 2.75 bits per heavy atom. The first-order valence-corrected chi connectivity index (χ1v) is 2.87. The van der Waals surface area contributed by atoms with Gasteiger partial charge < -0.3 is 4.74 Å². The van der Waals surface area contributed by atoms with Crippen LogP contribution in [0, 0.1) is 0 Å². The molecule has 0 aliphatic heterocycles. The van der Waals surface area contributed by atoms with Crippen LogP contribution in [-0.4, -0.2) is 18.3 Å². The zero-order valence-electron chi connectivity index (χ0n) is 4.82. The zero-order chi connectivity index (χ0) is 6.41. The van der Waals surface area contributed by atoms with E-state index in [0.717, 1.165) is 0 Å². The second-order valence-corrected chi connectivity index (χ2v) is 1.96. The van der Waals surface area contributed by atoms with E-state index < -0.39 is 0 Å². The predicted molar refractivity (Wildman–Crippen MR) is 34.8 cm³/mol. The fourth-order valence-corrected chi connectivity index (χ4v) is 0.354. The van der Waals surface area contributed by atoms with Gasteiger partial charge in [-0.25, -0.2) is 0 Å². The summed E-state index contributed by atoms with van der Waals surface area (Å²) in [5.74, 6) is 0. The van der Waals surface area contributed by atoms with Crippen LogP contribution in [0.5, 0.6) is 0 Å². The fraction of sp³-hybridized carbons (Fsp3) is 0.800. The normalized spacial score (nSPS) is 8.75. The van der Waals surface area contributed by atoms with E-state index in [4.69, 9.17) is 4.74 Å². The molecule has 3 heteroatoms. The molecule has 0 aromatic carbocycles. The fourth-order valence-electron chi connectivity index (χ4n) is 0.270. The molecule has 0 N–H and O–H groups in total. The molecule has 1 nitrogen and oxygen atoms in total. The summed E-state index contributed by atoms with van der Waals surface area (Å²) in [5.41, 5.74) is 0. The van der Waals surface area contributed by atoms with Gasteiger partial charge in [0, 0.05) is 13.3 Å². The van der Waals surface area contributed by atoms with Crippen molar-refractivity contribution in [3.05, 3.63) is 0 Å². The van der Waals surface area contributed by atoms with E-state index in [1.54, 1.807) is 6.92 Å². The van der Waals surface area contributed by atoms with Gasteiger partial charge >= 0.3 is 0 Å². The highest BCUT2D eigenvalue weighted by Gasteiger charge is 1.86. The van der Waals surface area contributed by atoms with E-state index in [1.165, 1.54) is 0 Å². The lowest BCUT2D eigenvalue weighted by Crippen LogP contribution is -1.98. The Bertz CT molecular complexity index is 74.8. The molecule has 0 amide bonds. The lowest BCUT2D eigenvalue weighted by Gasteiger charge is -1.98. The molecule has 0 aliphatic rings. The molecule has 0 radical (unpaired) electrons. The highest BCUT2D eigenvalue weighted by molar-refractivity contribution is 7.80. The summed E-state index contributed by atoms with van der Waals surface area (Å²) >= 11 is 4.56. The first-order valence-electron chi connectivity index (χ1n) is 2.46. The third kappa shape index (κ3) is 5.82. The van der Waals surface area contributed by atoms with Crippen molar-refractivity contribution in [1.82, 2.24) is 0 Å². The van der Waals surface area contributed by atoms with Gasteiger partial charge in [0.2, 0.25) is 0 Å². The van der Waals surface area contributed by atoms with Gasteiger partial charge in [-0.2, -0.15) is 0 Å². The molecule has 0 saturated heterocycles. The van der Waals surface area contributed by atoms with Crippen LogP contribution in [0.4, 0.5) is 4.39 Å². The van der Waals surface area contributed by atoms with E-state index in [9.17, 15) is 4.39 Å². The Hall–Kier alpha value is -0.180. The first-order chi connectivity index (χ1) is 3.77. The number of halogens is 1. The van der Waals surface area contributed by atoms with Gasteiger partial charge in [0.15, 0.2) is 5.05 Å². The molecule has 0 bridgehead atoms. The van der Waals surface area contributed by atoms with Crippen LogP contribution in [0.1, 0.15) is 13.3 Å². The van der Waals surface area contributed by atoms with Crippen molar-refractivity contribution in [3.8, 4) is 0 Å². The van der Waals surface area contributed by atoms with Gasteiger partial charge in [-0.05, 0) is 12.2 Å². The molecule has 0 aromatic heterocycles. The molecule has 48 valence electrons. The molecule has 0 spiro atoms. The third-order valence-corrected chi connectivity index (χ3v) is 0.701. The molecule has 0 aliphatic carbocycles. The minimum Gasteiger partial charge on any atom is -0.487 e. The van der Waals surface area contributed by atoms with Crippen LogP contribution < -0.4 is 0 Å². The van der Waals surface area contributed by atoms with Crippen LogP contribution in [0.15, 0.2) is 0 Å². The quantitative estimate of drug-likeness (QED) is 0.431. The van der Waals surface area contributed by atoms with Crippen LogP contribution >= 0.6 is 12.2 Å². The molecule has 0 heterocycles. The maximum Gasteiger partial charge on any atom is 0.156 e. The topological polar surface area (TPSA) is 9.23 Å². The van der Waals surface area contributed by atoms with Crippen molar-refractivity contribution in [2.75, 3.05) is 13.3 Å². The molecule has 0 fully saturated rings. The smallest absolute Gasteiger partial charge is 0.156 e. The van der Waals surface area contributed by atoms with Crippen molar-refractivity contribution in [2.45, 2.75) is 13.3 Å². The molecule has 0 unspecified atom stereocenters. The molecule has 0 rings (SSSR count). The van der Waals surface area contributed by atoms with E-state index in [0.29, 0.717) is 18.1 Å². The van der Waals surface area contributed by atoms with Gasteiger partial charge in [0.25, 0.3) is 0 Å². The number of thiocarbonyl (C=S) groups is 1. The Balaban J connectivity index is 2.82. The number of hydrogen-bond acceptors (Lipinski definition) is 2. The second kappa shape index (κ2) is 4.97. The lowest BCUT2D eigenvalue weighted by molar-refractivity contribution is 0.283. The SMILES string of the molecule is CC(=S)OCCCF. The number of rotatable bonds is 3. The summed E-state index contributed by atoms with van der Waals surface area (Å²) in [5, 5.41) is 0.485. The lowest BCUT2D eigenvalue weighted by atomic mass is 10.5. The van der Waals surface area contributed by atoms with Crippen molar-refractivity contribution >= 4 is 17.3 Å². The van der Waals surface area contributed by atoms with Crippen LogP contribution in [0.2, 0.25) is 0 Å².